The Hall–Kier alpha value is -3.25. The summed E-state index contributed by atoms with van der Waals surface area (Å²) in [5.41, 5.74) is 4.46. The van der Waals surface area contributed by atoms with Gasteiger partial charge in [-0.25, -0.2) is 0 Å². The van der Waals surface area contributed by atoms with Crippen LogP contribution in [0.1, 0.15) is 19.4 Å². The van der Waals surface area contributed by atoms with Crippen LogP contribution in [0.25, 0.3) is 27.7 Å². The van der Waals surface area contributed by atoms with Crippen molar-refractivity contribution in [3.8, 4) is 22.6 Å². The zero-order valence-electron chi connectivity index (χ0n) is 19.2. The van der Waals surface area contributed by atoms with E-state index in [9.17, 15) is 4.79 Å². The van der Waals surface area contributed by atoms with Crippen LogP contribution in [0.15, 0.2) is 53.2 Å². The Kier molecular flexibility index (Phi) is 6.51. The standard InChI is InChI=1S/C26H30N2O4/c1-5-27-9-11-28(12-10-27)26(29)13-18(2)21-15-22-23(17-32-25(22)16-24(21)31-4)19-7-6-8-20(14-19)30-3/h6-8,13-17H,5,9-12H2,1-4H3/b18-13+. The average molecular weight is 435 g/mol. The summed E-state index contributed by atoms with van der Waals surface area (Å²) in [6.07, 6.45) is 3.47. The van der Waals surface area contributed by atoms with Gasteiger partial charge in [0.1, 0.15) is 17.1 Å². The van der Waals surface area contributed by atoms with Gasteiger partial charge in [0, 0.05) is 54.8 Å². The maximum atomic E-state index is 12.9. The third-order valence-corrected chi connectivity index (χ3v) is 6.17. The van der Waals surface area contributed by atoms with Gasteiger partial charge in [-0.15, -0.1) is 0 Å². The van der Waals surface area contributed by atoms with Crippen molar-refractivity contribution in [2.24, 2.45) is 0 Å². The topological polar surface area (TPSA) is 55.2 Å². The molecule has 1 saturated heterocycles. The van der Waals surface area contributed by atoms with Crippen LogP contribution in [0, 0.1) is 0 Å². The Morgan fingerprint density at radius 2 is 1.88 bits per heavy atom. The normalized spacial score (nSPS) is 15.2. The van der Waals surface area contributed by atoms with Crippen LogP contribution in [0.4, 0.5) is 0 Å². The molecule has 0 unspecified atom stereocenters. The van der Waals surface area contributed by atoms with Crippen LogP contribution in [0.5, 0.6) is 11.5 Å². The molecule has 4 rings (SSSR count). The smallest absolute Gasteiger partial charge is 0.246 e. The molecule has 0 aliphatic carbocycles. The number of amides is 1. The van der Waals surface area contributed by atoms with Crippen LogP contribution in [0.2, 0.25) is 0 Å². The Morgan fingerprint density at radius 1 is 1.09 bits per heavy atom. The lowest BCUT2D eigenvalue weighted by Crippen LogP contribution is -2.48. The largest absolute Gasteiger partial charge is 0.497 e. The molecule has 0 saturated carbocycles. The van der Waals surface area contributed by atoms with E-state index < -0.39 is 0 Å². The maximum Gasteiger partial charge on any atom is 0.246 e. The molecule has 2 aromatic carbocycles. The minimum absolute atomic E-state index is 0.0422. The third kappa shape index (κ3) is 4.36. The summed E-state index contributed by atoms with van der Waals surface area (Å²) in [6, 6.07) is 11.8. The molecule has 1 aromatic heterocycles. The number of furan rings is 1. The molecule has 2 heterocycles. The molecule has 6 heteroatoms. The third-order valence-electron chi connectivity index (χ3n) is 6.17. The highest BCUT2D eigenvalue weighted by atomic mass is 16.5. The van der Waals surface area contributed by atoms with E-state index in [-0.39, 0.29) is 5.91 Å². The molecule has 0 bridgehead atoms. The number of rotatable bonds is 6. The lowest BCUT2D eigenvalue weighted by atomic mass is 9.99. The van der Waals surface area contributed by atoms with E-state index in [1.807, 2.05) is 48.2 Å². The molecular formula is C26H30N2O4. The van der Waals surface area contributed by atoms with E-state index in [0.717, 1.165) is 71.7 Å². The minimum atomic E-state index is 0.0422. The van der Waals surface area contributed by atoms with Crippen LogP contribution >= 0.6 is 0 Å². The second kappa shape index (κ2) is 9.49. The summed E-state index contributed by atoms with van der Waals surface area (Å²) >= 11 is 0. The summed E-state index contributed by atoms with van der Waals surface area (Å²) in [5, 5.41) is 0.964. The molecule has 3 aromatic rings. The molecule has 32 heavy (non-hydrogen) atoms. The number of hydrogen-bond acceptors (Lipinski definition) is 5. The van der Waals surface area contributed by atoms with Crippen molar-refractivity contribution in [3.63, 3.8) is 0 Å². The number of carbonyl (C=O) groups is 1. The molecule has 1 fully saturated rings. The zero-order valence-corrected chi connectivity index (χ0v) is 19.2. The fraction of sp³-hybridized carbons (Fsp3) is 0.346. The minimum Gasteiger partial charge on any atom is -0.497 e. The molecule has 0 spiro atoms. The Bertz CT molecular complexity index is 1140. The van der Waals surface area contributed by atoms with Crippen LogP contribution in [-0.2, 0) is 4.79 Å². The van der Waals surface area contributed by atoms with Crippen molar-refractivity contribution < 1.29 is 18.7 Å². The van der Waals surface area contributed by atoms with Gasteiger partial charge < -0.3 is 23.7 Å². The molecule has 1 aliphatic rings. The van der Waals surface area contributed by atoms with Gasteiger partial charge in [0.15, 0.2) is 0 Å². The van der Waals surface area contributed by atoms with Crippen LogP contribution in [-0.4, -0.2) is 62.7 Å². The SMILES string of the molecule is CCN1CCN(C(=O)/C=C(\C)c2cc3c(-c4cccc(OC)c4)coc3cc2OC)CC1. The molecule has 1 aliphatic heterocycles. The van der Waals surface area contributed by atoms with Gasteiger partial charge >= 0.3 is 0 Å². The number of hydrogen-bond donors (Lipinski definition) is 0. The van der Waals surface area contributed by atoms with Gasteiger partial charge in [-0.3, -0.25) is 4.79 Å². The van der Waals surface area contributed by atoms with Gasteiger partial charge in [-0.2, -0.15) is 0 Å². The lowest BCUT2D eigenvalue weighted by Gasteiger charge is -2.33. The van der Waals surface area contributed by atoms with Crippen LogP contribution in [0.3, 0.4) is 0 Å². The first-order valence-corrected chi connectivity index (χ1v) is 11.0. The number of carbonyl (C=O) groups excluding carboxylic acids is 1. The van der Waals surface area contributed by atoms with Crippen molar-refractivity contribution in [2.75, 3.05) is 46.9 Å². The van der Waals surface area contributed by atoms with E-state index in [4.69, 9.17) is 13.9 Å². The Balaban J connectivity index is 1.68. The van der Waals surface area contributed by atoms with E-state index in [2.05, 4.69) is 11.8 Å². The van der Waals surface area contributed by atoms with Gasteiger partial charge in [0.25, 0.3) is 0 Å². The van der Waals surface area contributed by atoms with Gasteiger partial charge in [-0.1, -0.05) is 19.1 Å². The van der Waals surface area contributed by atoms with Gasteiger partial charge in [0.2, 0.25) is 5.91 Å². The number of allylic oxidation sites excluding steroid dienone is 1. The first kappa shape index (κ1) is 22.0. The molecule has 6 nitrogen and oxygen atoms in total. The van der Waals surface area contributed by atoms with Crippen molar-refractivity contribution in [1.82, 2.24) is 9.80 Å². The lowest BCUT2D eigenvalue weighted by molar-refractivity contribution is -0.127. The van der Waals surface area contributed by atoms with E-state index >= 15 is 0 Å². The first-order chi connectivity index (χ1) is 15.5. The molecular weight excluding hydrogens is 404 g/mol. The Labute approximate surface area is 189 Å². The second-order valence-corrected chi connectivity index (χ2v) is 8.02. The highest BCUT2D eigenvalue weighted by molar-refractivity contribution is 6.00. The number of likely N-dealkylation sites (N-methyl/N-ethyl adjacent to an activating group) is 1. The van der Waals surface area contributed by atoms with Crippen molar-refractivity contribution in [3.05, 3.63) is 54.3 Å². The number of methoxy groups -OCH3 is 2. The average Bonchev–Trinajstić information content (AvgIpc) is 3.26. The zero-order chi connectivity index (χ0) is 22.7. The maximum absolute atomic E-state index is 12.9. The highest BCUT2D eigenvalue weighted by Crippen LogP contribution is 2.38. The fourth-order valence-electron chi connectivity index (χ4n) is 4.18. The Morgan fingerprint density at radius 3 is 2.56 bits per heavy atom. The second-order valence-electron chi connectivity index (χ2n) is 8.02. The van der Waals surface area contributed by atoms with E-state index in [0.29, 0.717) is 5.75 Å². The predicted octanol–water partition coefficient (Wildman–Crippen LogP) is 4.68. The predicted molar refractivity (Wildman–Crippen MR) is 127 cm³/mol. The number of fused-ring (bicyclic) bond motifs is 1. The quantitative estimate of drug-likeness (QED) is 0.527. The molecule has 0 N–H and O–H groups in total. The number of nitrogens with zero attached hydrogens (tertiary/aromatic N) is 2. The van der Waals surface area contributed by atoms with Gasteiger partial charge in [0.05, 0.1) is 20.5 Å². The number of benzene rings is 2. The summed E-state index contributed by atoms with van der Waals surface area (Å²) in [4.78, 5) is 17.2. The van der Waals surface area contributed by atoms with Crippen molar-refractivity contribution in [2.45, 2.75) is 13.8 Å². The van der Waals surface area contributed by atoms with Crippen molar-refractivity contribution in [1.29, 1.82) is 0 Å². The molecule has 168 valence electrons. The number of piperazine rings is 1. The summed E-state index contributed by atoms with van der Waals surface area (Å²) in [5.74, 6) is 1.51. The van der Waals surface area contributed by atoms with E-state index in [1.165, 1.54) is 0 Å². The summed E-state index contributed by atoms with van der Waals surface area (Å²) in [6.45, 7) is 8.48. The summed E-state index contributed by atoms with van der Waals surface area (Å²) < 4.78 is 16.8. The number of ether oxygens (including phenoxy) is 2. The molecule has 0 atom stereocenters. The van der Waals surface area contributed by atoms with Gasteiger partial charge in [-0.05, 0) is 42.8 Å². The first-order valence-electron chi connectivity index (χ1n) is 11.0. The monoisotopic (exact) mass is 434 g/mol. The van der Waals surface area contributed by atoms with Crippen molar-refractivity contribution >= 4 is 22.4 Å². The molecule has 0 radical (unpaired) electrons. The van der Waals surface area contributed by atoms with Crippen LogP contribution < -0.4 is 9.47 Å². The summed E-state index contributed by atoms with van der Waals surface area (Å²) in [7, 11) is 3.29. The highest BCUT2D eigenvalue weighted by Gasteiger charge is 2.20. The fourth-order valence-corrected chi connectivity index (χ4v) is 4.18. The molecule has 1 amide bonds. The van der Waals surface area contributed by atoms with E-state index in [1.54, 1.807) is 26.6 Å².